The number of benzene rings is 2. The molecule has 2 aliphatic rings. The maximum atomic E-state index is 13.8. The summed E-state index contributed by atoms with van der Waals surface area (Å²) in [6.07, 6.45) is 8.12. The van der Waals surface area contributed by atoms with E-state index >= 15 is 0 Å². The molecule has 2 fully saturated rings. The summed E-state index contributed by atoms with van der Waals surface area (Å²) >= 11 is 3.70. The second-order valence-corrected chi connectivity index (χ2v) is 12.7. The first kappa shape index (κ1) is 27.8. The van der Waals surface area contributed by atoms with Crippen LogP contribution in [0, 0.1) is 12.8 Å². The van der Waals surface area contributed by atoms with E-state index < -0.39 is 0 Å². The van der Waals surface area contributed by atoms with Crippen LogP contribution in [0.4, 0.5) is 0 Å². The number of carbonyl (C=O) groups excluding carboxylic acids is 2. The number of hydrogen-bond donors (Lipinski definition) is 1. The highest BCUT2D eigenvalue weighted by Gasteiger charge is 2.44. The van der Waals surface area contributed by atoms with E-state index in [1.165, 1.54) is 24.2 Å². The van der Waals surface area contributed by atoms with Gasteiger partial charge >= 0.3 is 0 Å². The van der Waals surface area contributed by atoms with Crippen LogP contribution in [0.1, 0.15) is 62.1 Å². The molecule has 0 spiro atoms. The average molecular weight is 537 g/mol. The zero-order chi connectivity index (χ0) is 26.0. The van der Waals surface area contributed by atoms with Crippen LogP contribution in [0.3, 0.4) is 0 Å². The van der Waals surface area contributed by atoms with Crippen molar-refractivity contribution in [2.75, 3.05) is 18.1 Å². The summed E-state index contributed by atoms with van der Waals surface area (Å²) in [5, 5.41) is 3.51. The third-order valence-electron chi connectivity index (χ3n) is 7.22. The number of rotatable bonds is 11. The Kier molecular flexibility index (Phi) is 10.6. The molecule has 2 aromatic carbocycles. The van der Waals surface area contributed by atoms with Crippen LogP contribution in [-0.2, 0) is 16.1 Å². The summed E-state index contributed by atoms with van der Waals surface area (Å²) in [5.74, 6) is 2.53. The molecule has 0 aromatic heterocycles. The molecule has 4 nitrogen and oxygen atoms in total. The standard InChI is InChI=1S/C31H40N2O2S2/c1-3-4-17-36-18-9-16-32-30(34)26-14-15-28-27(21-26)33(22-25-13-8-10-23(2)19-25)31(35)29(37-28)20-24-11-6-5-7-12-24/h5-8,10-13,19-20,26-28H,3-4,9,14-18,21-22H2,1-2H3,(H,32,34)/b29-20-. The van der Waals surface area contributed by atoms with Gasteiger partial charge in [-0.3, -0.25) is 9.59 Å². The zero-order valence-corrected chi connectivity index (χ0v) is 23.8. The van der Waals surface area contributed by atoms with Crippen molar-refractivity contribution < 1.29 is 9.59 Å². The predicted molar refractivity (Wildman–Crippen MR) is 159 cm³/mol. The minimum atomic E-state index is -0.0259. The molecule has 198 valence electrons. The molecule has 1 heterocycles. The van der Waals surface area contributed by atoms with Crippen LogP contribution < -0.4 is 5.32 Å². The Morgan fingerprint density at radius 1 is 1.11 bits per heavy atom. The number of fused-ring (bicyclic) bond motifs is 1. The first-order chi connectivity index (χ1) is 18.0. The molecule has 1 aliphatic heterocycles. The Morgan fingerprint density at radius 2 is 1.92 bits per heavy atom. The van der Waals surface area contributed by atoms with Gasteiger partial charge in [0, 0.05) is 30.3 Å². The minimum Gasteiger partial charge on any atom is -0.356 e. The van der Waals surface area contributed by atoms with Gasteiger partial charge in [-0.15, -0.1) is 11.8 Å². The molecule has 1 N–H and O–H groups in total. The van der Waals surface area contributed by atoms with E-state index in [1.807, 2.05) is 48.2 Å². The molecule has 6 heteroatoms. The lowest BCUT2D eigenvalue weighted by atomic mass is 9.83. The number of unbranched alkanes of at least 4 members (excludes halogenated alkanes) is 1. The average Bonchev–Trinajstić information content (AvgIpc) is 2.91. The predicted octanol–water partition coefficient (Wildman–Crippen LogP) is 6.69. The molecule has 1 saturated carbocycles. The third-order valence-corrected chi connectivity index (χ3v) is 9.77. The Bertz CT molecular complexity index is 1070. The Balaban J connectivity index is 1.44. The number of nitrogens with one attached hydrogen (secondary N) is 1. The van der Waals surface area contributed by atoms with E-state index in [2.05, 4.69) is 48.3 Å². The van der Waals surface area contributed by atoms with E-state index in [1.54, 1.807) is 11.8 Å². The van der Waals surface area contributed by atoms with Crippen LogP contribution in [-0.4, -0.2) is 46.1 Å². The number of hydrogen-bond acceptors (Lipinski definition) is 4. The fourth-order valence-corrected chi connectivity index (χ4v) is 7.66. The SMILES string of the molecule is CCCCSCCCNC(=O)C1CCC2S/C(=C\c3ccccc3)C(=O)N(Cc3cccc(C)c3)C2C1. The second-order valence-electron chi connectivity index (χ2n) is 10.2. The summed E-state index contributed by atoms with van der Waals surface area (Å²) in [7, 11) is 0. The number of carbonyl (C=O) groups is 2. The third kappa shape index (κ3) is 7.90. The van der Waals surface area contributed by atoms with Crippen molar-refractivity contribution in [3.63, 3.8) is 0 Å². The molecule has 3 atom stereocenters. The van der Waals surface area contributed by atoms with Crippen molar-refractivity contribution in [2.45, 2.75) is 70.2 Å². The molecule has 1 saturated heterocycles. The zero-order valence-electron chi connectivity index (χ0n) is 22.2. The molecule has 2 aromatic rings. The number of nitrogens with zero attached hydrogens (tertiary/aromatic N) is 1. The van der Waals surface area contributed by atoms with Crippen molar-refractivity contribution in [1.82, 2.24) is 10.2 Å². The Hall–Kier alpha value is -2.18. The number of thioether (sulfide) groups is 2. The van der Waals surface area contributed by atoms with Gasteiger partial charge in [0.1, 0.15) is 0 Å². The van der Waals surface area contributed by atoms with Crippen LogP contribution in [0.15, 0.2) is 59.5 Å². The lowest BCUT2D eigenvalue weighted by Gasteiger charge is -2.46. The monoisotopic (exact) mass is 536 g/mol. The lowest BCUT2D eigenvalue weighted by Crippen LogP contribution is -2.53. The van der Waals surface area contributed by atoms with Gasteiger partial charge in [-0.1, -0.05) is 73.5 Å². The molecular formula is C31H40N2O2S2. The molecule has 37 heavy (non-hydrogen) atoms. The first-order valence-electron chi connectivity index (χ1n) is 13.7. The van der Waals surface area contributed by atoms with E-state index in [-0.39, 0.29) is 23.8 Å². The first-order valence-corrected chi connectivity index (χ1v) is 15.7. The summed E-state index contributed by atoms with van der Waals surface area (Å²) in [6.45, 7) is 5.63. The van der Waals surface area contributed by atoms with Gasteiger partial charge in [0.05, 0.1) is 4.91 Å². The molecule has 4 rings (SSSR count). The van der Waals surface area contributed by atoms with Gasteiger partial charge < -0.3 is 10.2 Å². The lowest BCUT2D eigenvalue weighted by molar-refractivity contribution is -0.133. The van der Waals surface area contributed by atoms with Crippen LogP contribution in [0.25, 0.3) is 6.08 Å². The summed E-state index contributed by atoms with van der Waals surface area (Å²) in [4.78, 5) is 29.7. The van der Waals surface area contributed by atoms with Gasteiger partial charge in [-0.25, -0.2) is 0 Å². The van der Waals surface area contributed by atoms with Crippen molar-refractivity contribution in [3.05, 3.63) is 76.2 Å². The van der Waals surface area contributed by atoms with Crippen LogP contribution >= 0.6 is 23.5 Å². The molecule has 0 radical (unpaired) electrons. The highest BCUT2D eigenvalue weighted by atomic mass is 32.2. The minimum absolute atomic E-state index is 0.0259. The largest absolute Gasteiger partial charge is 0.356 e. The molecule has 3 unspecified atom stereocenters. The maximum absolute atomic E-state index is 13.8. The molecule has 0 bridgehead atoms. The summed E-state index contributed by atoms with van der Waals surface area (Å²) in [5.41, 5.74) is 3.39. The van der Waals surface area contributed by atoms with Gasteiger partial charge in [-0.2, -0.15) is 11.8 Å². The topological polar surface area (TPSA) is 49.4 Å². The maximum Gasteiger partial charge on any atom is 0.260 e. The van der Waals surface area contributed by atoms with Gasteiger partial charge in [-0.05, 0) is 67.7 Å². The number of aryl methyl sites for hydroxylation is 1. The van der Waals surface area contributed by atoms with Crippen molar-refractivity contribution in [1.29, 1.82) is 0 Å². The van der Waals surface area contributed by atoms with E-state index in [4.69, 9.17) is 0 Å². The highest BCUT2D eigenvalue weighted by molar-refractivity contribution is 8.04. The van der Waals surface area contributed by atoms with Gasteiger partial charge in [0.25, 0.3) is 5.91 Å². The Labute approximate surface area is 231 Å². The van der Waals surface area contributed by atoms with Gasteiger partial charge in [0.15, 0.2) is 0 Å². The fraction of sp³-hybridized carbons (Fsp3) is 0.484. The van der Waals surface area contributed by atoms with Crippen molar-refractivity contribution >= 4 is 41.4 Å². The van der Waals surface area contributed by atoms with E-state index in [0.29, 0.717) is 11.8 Å². The summed E-state index contributed by atoms with van der Waals surface area (Å²) < 4.78 is 0. The molecule has 2 amide bonds. The fourth-order valence-electron chi connectivity index (χ4n) is 5.20. The number of amides is 2. The highest BCUT2D eigenvalue weighted by Crippen LogP contribution is 2.44. The summed E-state index contributed by atoms with van der Waals surface area (Å²) in [6, 6.07) is 18.6. The van der Waals surface area contributed by atoms with Gasteiger partial charge in [0.2, 0.25) is 5.91 Å². The second kappa shape index (κ2) is 14.1. The Morgan fingerprint density at radius 3 is 2.70 bits per heavy atom. The van der Waals surface area contributed by atoms with Crippen LogP contribution in [0.2, 0.25) is 0 Å². The normalized spacial score (nSPS) is 22.6. The smallest absolute Gasteiger partial charge is 0.260 e. The van der Waals surface area contributed by atoms with Crippen molar-refractivity contribution in [3.8, 4) is 0 Å². The van der Waals surface area contributed by atoms with Crippen LogP contribution in [0.5, 0.6) is 0 Å². The van der Waals surface area contributed by atoms with E-state index in [9.17, 15) is 9.59 Å². The molecular weight excluding hydrogens is 496 g/mol. The van der Waals surface area contributed by atoms with Crippen molar-refractivity contribution in [2.24, 2.45) is 5.92 Å². The molecule has 1 aliphatic carbocycles. The quantitative estimate of drug-likeness (QED) is 0.257. The van der Waals surface area contributed by atoms with E-state index in [0.717, 1.165) is 54.0 Å².